The van der Waals surface area contributed by atoms with E-state index in [0.717, 1.165) is 4.63 Å². The zero-order chi connectivity index (χ0) is 13.9. The van der Waals surface area contributed by atoms with Crippen molar-refractivity contribution in [3.05, 3.63) is 58.0 Å². The topological polar surface area (TPSA) is 122 Å². The number of nitrogens with zero attached hydrogens (tertiary/aromatic N) is 8. The van der Waals surface area contributed by atoms with Crippen LogP contribution in [0.1, 0.15) is 15.9 Å². The standard InChI is InChI=1S/C11H6N8O/c12-16-13-9-6-8(11-14-17-18-19(11)15-9)10(20)7-4-2-1-3-5-7/h1-6H. The molecule has 3 aromatic rings. The number of azide groups is 1. The van der Waals surface area contributed by atoms with Gasteiger partial charge in [-0.05, 0) is 27.1 Å². The molecule has 0 saturated heterocycles. The van der Waals surface area contributed by atoms with Gasteiger partial charge in [0.15, 0.2) is 5.78 Å². The van der Waals surface area contributed by atoms with Gasteiger partial charge in [0.05, 0.1) is 5.56 Å². The van der Waals surface area contributed by atoms with Crippen molar-refractivity contribution in [2.75, 3.05) is 0 Å². The number of hydrogen-bond acceptors (Lipinski definition) is 6. The summed E-state index contributed by atoms with van der Waals surface area (Å²) in [6.07, 6.45) is 0. The van der Waals surface area contributed by atoms with Gasteiger partial charge in [0, 0.05) is 10.5 Å². The fraction of sp³-hybridized carbons (Fsp3) is 0. The molecule has 0 saturated carbocycles. The number of aromatic nitrogens is 5. The molecule has 0 fully saturated rings. The first-order valence-corrected chi connectivity index (χ1v) is 5.54. The zero-order valence-corrected chi connectivity index (χ0v) is 9.95. The quantitative estimate of drug-likeness (QED) is 0.309. The van der Waals surface area contributed by atoms with E-state index in [0.29, 0.717) is 5.56 Å². The van der Waals surface area contributed by atoms with Crippen LogP contribution in [0.4, 0.5) is 5.82 Å². The van der Waals surface area contributed by atoms with Crippen molar-refractivity contribution in [3.63, 3.8) is 0 Å². The summed E-state index contributed by atoms with van der Waals surface area (Å²) in [4.78, 5) is 15.1. The van der Waals surface area contributed by atoms with E-state index in [1.807, 2.05) is 6.07 Å². The van der Waals surface area contributed by atoms with E-state index in [-0.39, 0.29) is 22.8 Å². The summed E-state index contributed by atoms with van der Waals surface area (Å²) in [5.41, 5.74) is 9.37. The Balaban J connectivity index is 2.21. The highest BCUT2D eigenvalue weighted by atomic mass is 16.1. The maximum absolute atomic E-state index is 12.4. The molecule has 0 aliphatic carbocycles. The van der Waals surface area contributed by atoms with E-state index in [1.54, 1.807) is 24.3 Å². The van der Waals surface area contributed by atoms with Crippen LogP contribution in [-0.4, -0.2) is 31.0 Å². The molecule has 9 nitrogen and oxygen atoms in total. The number of ketones is 1. The number of tetrazole rings is 1. The number of hydrogen-bond donors (Lipinski definition) is 0. The van der Waals surface area contributed by atoms with Crippen LogP contribution >= 0.6 is 0 Å². The average Bonchev–Trinajstić information content (AvgIpc) is 2.95. The van der Waals surface area contributed by atoms with E-state index in [2.05, 4.69) is 30.7 Å². The largest absolute Gasteiger partial charge is 0.288 e. The Morgan fingerprint density at radius 2 is 2.10 bits per heavy atom. The Bertz CT molecular complexity index is 834. The molecule has 1 aromatic carbocycles. The maximum Gasteiger partial charge on any atom is 0.211 e. The number of carbonyl (C=O) groups is 1. The third kappa shape index (κ3) is 1.93. The molecule has 0 aliphatic heterocycles. The molecule has 96 valence electrons. The van der Waals surface area contributed by atoms with Crippen LogP contribution in [0, 0.1) is 0 Å². The Labute approximate surface area is 111 Å². The summed E-state index contributed by atoms with van der Waals surface area (Å²) in [5, 5.41) is 18.1. The van der Waals surface area contributed by atoms with Gasteiger partial charge in [0.25, 0.3) is 0 Å². The molecule has 2 aromatic heterocycles. The molecule has 0 atom stereocenters. The zero-order valence-electron chi connectivity index (χ0n) is 9.95. The molecule has 0 unspecified atom stereocenters. The third-order valence-electron chi connectivity index (χ3n) is 2.59. The molecule has 0 spiro atoms. The predicted octanol–water partition coefficient (Wildman–Crippen LogP) is 1.69. The van der Waals surface area contributed by atoms with E-state index in [4.69, 9.17) is 5.53 Å². The van der Waals surface area contributed by atoms with Crippen molar-refractivity contribution < 1.29 is 4.79 Å². The number of fused-ring (bicyclic) bond motifs is 1. The number of rotatable bonds is 3. The minimum Gasteiger partial charge on any atom is -0.288 e. The van der Waals surface area contributed by atoms with Crippen LogP contribution in [0.25, 0.3) is 16.1 Å². The van der Waals surface area contributed by atoms with Crippen LogP contribution in [0.3, 0.4) is 0 Å². The number of benzene rings is 1. The van der Waals surface area contributed by atoms with Crippen molar-refractivity contribution >= 4 is 17.2 Å². The van der Waals surface area contributed by atoms with Crippen molar-refractivity contribution in [1.82, 2.24) is 25.3 Å². The summed E-state index contributed by atoms with van der Waals surface area (Å²) in [6, 6.07) is 10.0. The first kappa shape index (κ1) is 11.8. The van der Waals surface area contributed by atoms with Gasteiger partial charge in [-0.2, -0.15) is 0 Å². The van der Waals surface area contributed by atoms with Gasteiger partial charge >= 0.3 is 0 Å². The van der Waals surface area contributed by atoms with Crippen molar-refractivity contribution in [3.8, 4) is 0 Å². The Morgan fingerprint density at radius 1 is 1.30 bits per heavy atom. The predicted molar refractivity (Wildman–Crippen MR) is 67.3 cm³/mol. The van der Waals surface area contributed by atoms with Crippen molar-refractivity contribution in [2.45, 2.75) is 0 Å². The monoisotopic (exact) mass is 266 g/mol. The van der Waals surface area contributed by atoms with Gasteiger partial charge in [-0.15, -0.1) is 14.8 Å². The Kier molecular flexibility index (Phi) is 2.79. The van der Waals surface area contributed by atoms with Crippen LogP contribution in [0.2, 0.25) is 0 Å². The second-order valence-corrected chi connectivity index (χ2v) is 3.79. The molecular weight excluding hydrogens is 260 g/mol. The average molecular weight is 266 g/mol. The highest BCUT2D eigenvalue weighted by molar-refractivity contribution is 6.12. The second-order valence-electron chi connectivity index (χ2n) is 3.79. The van der Waals surface area contributed by atoms with E-state index < -0.39 is 0 Å². The Hall–Kier alpha value is -3.32. The first-order valence-electron chi connectivity index (χ1n) is 5.54. The first-order chi connectivity index (χ1) is 9.79. The molecule has 0 radical (unpaired) electrons. The van der Waals surface area contributed by atoms with Crippen LogP contribution < -0.4 is 0 Å². The minimum absolute atomic E-state index is 0.0200. The van der Waals surface area contributed by atoms with E-state index in [9.17, 15) is 4.79 Å². The van der Waals surface area contributed by atoms with Gasteiger partial charge in [-0.3, -0.25) is 4.79 Å². The van der Waals surface area contributed by atoms with E-state index >= 15 is 0 Å². The summed E-state index contributed by atoms with van der Waals surface area (Å²) < 4.78 is 1.06. The lowest BCUT2D eigenvalue weighted by Crippen LogP contribution is -2.06. The third-order valence-corrected chi connectivity index (χ3v) is 2.59. The normalized spacial score (nSPS) is 10.2. The molecule has 0 N–H and O–H groups in total. The fourth-order valence-corrected chi connectivity index (χ4v) is 1.74. The molecular formula is C11H6N8O. The molecule has 0 amide bonds. The maximum atomic E-state index is 12.4. The molecule has 20 heavy (non-hydrogen) atoms. The fourth-order valence-electron chi connectivity index (χ4n) is 1.74. The second kappa shape index (κ2) is 4.75. The molecule has 9 heteroatoms. The summed E-state index contributed by atoms with van der Waals surface area (Å²) >= 11 is 0. The summed E-state index contributed by atoms with van der Waals surface area (Å²) in [7, 11) is 0. The molecule has 2 heterocycles. The minimum atomic E-state index is -0.276. The SMILES string of the molecule is [N-]=[N+]=Nc1cc(C(=O)c2ccccc2)c2nnnn2n1. The lowest BCUT2D eigenvalue weighted by molar-refractivity contribution is 0.103. The highest BCUT2D eigenvalue weighted by Crippen LogP contribution is 2.18. The van der Waals surface area contributed by atoms with Crippen molar-refractivity contribution in [1.29, 1.82) is 0 Å². The van der Waals surface area contributed by atoms with Crippen LogP contribution in [0.5, 0.6) is 0 Å². The molecule has 3 rings (SSSR count). The van der Waals surface area contributed by atoms with Gasteiger partial charge in [-0.1, -0.05) is 30.3 Å². The lowest BCUT2D eigenvalue weighted by atomic mass is 10.1. The Morgan fingerprint density at radius 3 is 2.85 bits per heavy atom. The van der Waals surface area contributed by atoms with Crippen molar-refractivity contribution in [2.24, 2.45) is 5.11 Å². The van der Waals surface area contributed by atoms with Gasteiger partial charge in [-0.25, -0.2) is 0 Å². The summed E-state index contributed by atoms with van der Waals surface area (Å²) in [6.45, 7) is 0. The highest BCUT2D eigenvalue weighted by Gasteiger charge is 2.17. The van der Waals surface area contributed by atoms with Gasteiger partial charge in [0.1, 0.15) is 5.82 Å². The lowest BCUT2D eigenvalue weighted by Gasteiger charge is -2.02. The number of carbonyl (C=O) groups excluding carboxylic acids is 1. The molecule has 0 bridgehead atoms. The van der Waals surface area contributed by atoms with Gasteiger partial charge in [0.2, 0.25) is 5.65 Å². The van der Waals surface area contributed by atoms with E-state index in [1.165, 1.54) is 6.07 Å². The summed E-state index contributed by atoms with van der Waals surface area (Å²) in [5.74, 6) is -0.256. The van der Waals surface area contributed by atoms with Crippen LogP contribution in [-0.2, 0) is 0 Å². The van der Waals surface area contributed by atoms with Gasteiger partial charge < -0.3 is 0 Å². The smallest absolute Gasteiger partial charge is 0.211 e. The molecule has 0 aliphatic rings. The van der Waals surface area contributed by atoms with Crippen LogP contribution in [0.15, 0.2) is 41.5 Å².